The number of thioether (sulfide) groups is 1. The number of aryl methyl sites for hydroxylation is 1. The summed E-state index contributed by atoms with van der Waals surface area (Å²) in [7, 11) is 0. The lowest BCUT2D eigenvalue weighted by molar-refractivity contribution is 0.0486. The zero-order valence-corrected chi connectivity index (χ0v) is 16.0. The normalized spacial score (nSPS) is 10.8. The third-order valence-electron chi connectivity index (χ3n) is 3.49. The molecule has 0 aliphatic heterocycles. The monoisotopic (exact) mass is 392 g/mol. The Bertz CT molecular complexity index is 900. The van der Waals surface area contributed by atoms with E-state index in [1.165, 1.54) is 0 Å². The van der Waals surface area contributed by atoms with Crippen LogP contribution in [0.1, 0.15) is 21.7 Å². The zero-order chi connectivity index (χ0) is 17.6. The number of benzene rings is 1. The fourth-order valence-corrected chi connectivity index (χ4v) is 4.57. The molecule has 0 atom stereocenters. The van der Waals surface area contributed by atoms with E-state index in [1.54, 1.807) is 44.6 Å². The summed E-state index contributed by atoms with van der Waals surface area (Å²) in [5.74, 6) is 0.333. The molecule has 130 valence electrons. The summed E-state index contributed by atoms with van der Waals surface area (Å²) in [6.07, 6.45) is 0. The second kappa shape index (κ2) is 8.46. The van der Waals surface area contributed by atoms with Gasteiger partial charge in [-0.1, -0.05) is 23.5 Å². The summed E-state index contributed by atoms with van der Waals surface area (Å²) in [6.45, 7) is 2.40. The van der Waals surface area contributed by atoms with Crippen LogP contribution in [-0.4, -0.2) is 22.1 Å². The molecule has 0 radical (unpaired) electrons. The number of nitrogens with zero attached hydrogens (tertiary/aromatic N) is 2. The quantitative estimate of drug-likeness (QED) is 0.452. The Kier molecular flexibility index (Phi) is 6.06. The molecular formula is C17H16N2O3S3. The largest absolute Gasteiger partial charge is 0.460 e. The van der Waals surface area contributed by atoms with Gasteiger partial charge in [0.25, 0.3) is 0 Å². The summed E-state index contributed by atoms with van der Waals surface area (Å²) in [6, 6.07) is 7.38. The minimum absolute atomic E-state index is 0.0345. The van der Waals surface area contributed by atoms with Crippen molar-refractivity contribution in [3.8, 4) is 0 Å². The van der Waals surface area contributed by atoms with E-state index < -0.39 is 0 Å². The van der Waals surface area contributed by atoms with Crippen LogP contribution in [0.5, 0.6) is 0 Å². The van der Waals surface area contributed by atoms with Crippen LogP contribution in [0.3, 0.4) is 0 Å². The van der Waals surface area contributed by atoms with Gasteiger partial charge >= 0.3 is 10.8 Å². The maximum atomic E-state index is 12.4. The van der Waals surface area contributed by atoms with Crippen molar-refractivity contribution in [3.63, 3.8) is 0 Å². The van der Waals surface area contributed by atoms with Gasteiger partial charge in [-0.2, -0.15) is 0 Å². The number of rotatable bonds is 7. The molecule has 25 heavy (non-hydrogen) atoms. The first-order valence-electron chi connectivity index (χ1n) is 7.56. The van der Waals surface area contributed by atoms with Crippen LogP contribution in [0.4, 0.5) is 0 Å². The first kappa shape index (κ1) is 17.9. The molecule has 0 amide bonds. The van der Waals surface area contributed by atoms with Gasteiger partial charge in [-0.15, -0.1) is 23.1 Å². The van der Waals surface area contributed by atoms with Gasteiger partial charge < -0.3 is 4.74 Å². The third-order valence-corrected chi connectivity index (χ3v) is 6.11. The summed E-state index contributed by atoms with van der Waals surface area (Å²) < 4.78 is 6.98. The van der Waals surface area contributed by atoms with E-state index in [9.17, 15) is 9.59 Å². The van der Waals surface area contributed by atoms with Gasteiger partial charge in [-0.3, -0.25) is 9.36 Å². The fourth-order valence-electron chi connectivity index (χ4n) is 2.20. The van der Waals surface area contributed by atoms with Crippen molar-refractivity contribution in [1.82, 2.24) is 9.55 Å². The van der Waals surface area contributed by atoms with E-state index in [2.05, 4.69) is 4.98 Å². The highest BCUT2D eigenvalue weighted by atomic mass is 32.2. The highest BCUT2D eigenvalue weighted by molar-refractivity contribution is 7.98. The third kappa shape index (κ3) is 4.59. The number of carbonyl (C=O) groups is 1. The van der Waals surface area contributed by atoms with Crippen LogP contribution in [0.15, 0.2) is 50.2 Å². The molecule has 0 N–H and O–H groups in total. The summed E-state index contributed by atoms with van der Waals surface area (Å²) in [4.78, 5) is 29.1. The van der Waals surface area contributed by atoms with E-state index in [-0.39, 0.29) is 17.4 Å². The molecule has 1 aromatic carbocycles. The first-order chi connectivity index (χ1) is 12.1. The number of aromatic nitrogens is 2. The zero-order valence-electron chi connectivity index (χ0n) is 13.5. The molecule has 0 aliphatic rings. The van der Waals surface area contributed by atoms with Gasteiger partial charge in [-0.05, 0) is 19.1 Å². The van der Waals surface area contributed by atoms with Crippen LogP contribution in [0.25, 0.3) is 0 Å². The lowest BCUT2D eigenvalue weighted by Gasteiger charge is -2.09. The molecule has 3 aromatic rings. The first-order valence-corrected chi connectivity index (χ1v) is 10.4. The summed E-state index contributed by atoms with van der Waals surface area (Å²) in [5, 5.41) is 3.80. The van der Waals surface area contributed by atoms with Gasteiger partial charge in [0.15, 0.2) is 0 Å². The van der Waals surface area contributed by atoms with Gasteiger partial charge in [0.1, 0.15) is 6.61 Å². The van der Waals surface area contributed by atoms with E-state index in [1.807, 2.05) is 30.5 Å². The Labute approximate surface area is 157 Å². The standard InChI is InChI=1S/C17H16N2O3S3/c1-12-8-25-17(21)19(12)6-7-22-16(20)14-4-2-3-5-15(14)24-10-13-9-23-11-18-13/h2-5,8-9,11H,6-7,10H2,1H3. The number of hydrogen-bond acceptors (Lipinski definition) is 7. The Morgan fingerprint density at radius 2 is 2.16 bits per heavy atom. The molecule has 5 nitrogen and oxygen atoms in total. The van der Waals surface area contributed by atoms with E-state index in [0.29, 0.717) is 17.9 Å². The predicted molar refractivity (Wildman–Crippen MR) is 102 cm³/mol. The van der Waals surface area contributed by atoms with Crippen LogP contribution in [-0.2, 0) is 17.0 Å². The van der Waals surface area contributed by atoms with Crippen molar-refractivity contribution in [3.05, 3.63) is 67.2 Å². The number of thiazole rings is 2. The maximum absolute atomic E-state index is 12.4. The molecule has 0 bridgehead atoms. The van der Waals surface area contributed by atoms with Gasteiger partial charge in [0.05, 0.1) is 23.3 Å². The minimum Gasteiger partial charge on any atom is -0.460 e. The van der Waals surface area contributed by atoms with Crippen LogP contribution in [0.2, 0.25) is 0 Å². The van der Waals surface area contributed by atoms with Crippen LogP contribution >= 0.6 is 34.4 Å². The van der Waals surface area contributed by atoms with Crippen molar-refractivity contribution < 1.29 is 9.53 Å². The smallest absolute Gasteiger partial charge is 0.339 e. The van der Waals surface area contributed by atoms with Crippen LogP contribution in [0, 0.1) is 6.92 Å². The molecule has 0 spiro atoms. The van der Waals surface area contributed by atoms with Crippen LogP contribution < -0.4 is 4.87 Å². The van der Waals surface area contributed by atoms with E-state index >= 15 is 0 Å². The van der Waals surface area contributed by atoms with E-state index in [0.717, 1.165) is 27.6 Å². The average Bonchev–Trinajstić information content (AvgIpc) is 3.25. The van der Waals surface area contributed by atoms with Crippen molar-refractivity contribution in [1.29, 1.82) is 0 Å². The highest BCUT2D eigenvalue weighted by Gasteiger charge is 2.13. The number of carbonyl (C=O) groups excluding carboxylic acids is 1. The topological polar surface area (TPSA) is 61.2 Å². The number of hydrogen-bond donors (Lipinski definition) is 0. The number of esters is 1. The molecule has 2 aromatic heterocycles. The number of ether oxygens (including phenoxy) is 1. The second-order valence-electron chi connectivity index (χ2n) is 5.20. The van der Waals surface area contributed by atoms with E-state index in [4.69, 9.17) is 4.74 Å². The summed E-state index contributed by atoms with van der Waals surface area (Å²) in [5.41, 5.74) is 4.21. The molecular weight excluding hydrogens is 376 g/mol. The predicted octanol–water partition coefficient (Wildman–Crippen LogP) is 3.82. The Morgan fingerprint density at radius 3 is 2.88 bits per heavy atom. The van der Waals surface area contributed by atoms with Crippen molar-refractivity contribution in [2.24, 2.45) is 0 Å². The van der Waals surface area contributed by atoms with Gasteiger partial charge in [0.2, 0.25) is 0 Å². The molecule has 2 heterocycles. The highest BCUT2D eigenvalue weighted by Crippen LogP contribution is 2.26. The molecule has 0 unspecified atom stereocenters. The minimum atomic E-state index is -0.373. The van der Waals surface area contributed by atoms with Gasteiger partial charge in [0, 0.05) is 27.1 Å². The Hall–Kier alpha value is -1.90. The molecule has 3 rings (SSSR count). The lowest BCUT2D eigenvalue weighted by atomic mass is 10.2. The maximum Gasteiger partial charge on any atom is 0.339 e. The lowest BCUT2D eigenvalue weighted by Crippen LogP contribution is -2.19. The fraction of sp³-hybridized carbons (Fsp3) is 0.235. The van der Waals surface area contributed by atoms with Crippen molar-refractivity contribution in [2.45, 2.75) is 24.1 Å². The van der Waals surface area contributed by atoms with Gasteiger partial charge in [-0.25, -0.2) is 9.78 Å². The van der Waals surface area contributed by atoms with Crippen molar-refractivity contribution >= 4 is 40.4 Å². The SMILES string of the molecule is Cc1csc(=O)n1CCOC(=O)c1ccccc1SCc1cscn1. The second-order valence-corrected chi connectivity index (χ2v) is 7.75. The molecule has 8 heteroatoms. The van der Waals surface area contributed by atoms with Crippen molar-refractivity contribution in [2.75, 3.05) is 6.61 Å². The Morgan fingerprint density at radius 1 is 1.32 bits per heavy atom. The molecule has 0 saturated carbocycles. The molecule has 0 aliphatic carbocycles. The average molecular weight is 393 g/mol. The summed E-state index contributed by atoms with van der Waals surface area (Å²) >= 11 is 4.27. The Balaban J connectivity index is 1.61. The molecule has 0 saturated heterocycles. The molecule has 0 fully saturated rings.